The molecule has 1 fully saturated rings. The Hall–Kier alpha value is -1.64. The summed E-state index contributed by atoms with van der Waals surface area (Å²) in [7, 11) is -0.297. The quantitative estimate of drug-likeness (QED) is 0.635. The second kappa shape index (κ2) is 9.91. The Bertz CT molecular complexity index is 913. The Morgan fingerprint density at radius 2 is 1.69 bits per heavy atom. The summed E-state index contributed by atoms with van der Waals surface area (Å²) in [5.74, 6) is 0.723. The van der Waals surface area contributed by atoms with E-state index >= 15 is 0 Å². The molecule has 8 heteroatoms. The molecule has 1 aliphatic rings. The number of rotatable bonds is 8. The number of sulfonamides is 1. The van der Waals surface area contributed by atoms with Crippen LogP contribution in [0.1, 0.15) is 5.56 Å². The van der Waals surface area contributed by atoms with E-state index in [1.165, 1.54) is 4.31 Å². The lowest BCUT2D eigenvalue weighted by Crippen LogP contribution is -2.47. The molecule has 29 heavy (non-hydrogen) atoms. The summed E-state index contributed by atoms with van der Waals surface area (Å²) < 4.78 is 31.7. The zero-order chi connectivity index (χ0) is 20.9. The van der Waals surface area contributed by atoms with Crippen molar-refractivity contribution in [2.75, 3.05) is 53.4 Å². The first-order valence-electron chi connectivity index (χ1n) is 9.70. The molecule has 0 N–H and O–H groups in total. The summed E-state index contributed by atoms with van der Waals surface area (Å²) in [5, 5.41) is 0.635. The minimum Gasteiger partial charge on any atom is -0.491 e. The van der Waals surface area contributed by atoms with Gasteiger partial charge in [0.05, 0.1) is 9.92 Å². The smallest absolute Gasteiger partial charge is 0.242 e. The summed E-state index contributed by atoms with van der Waals surface area (Å²) in [6, 6.07) is 14.7. The molecule has 0 saturated carbocycles. The van der Waals surface area contributed by atoms with E-state index in [2.05, 4.69) is 9.80 Å². The first kappa shape index (κ1) is 22.1. The predicted octanol–water partition coefficient (Wildman–Crippen LogP) is 2.79. The molecule has 0 amide bonds. The van der Waals surface area contributed by atoms with Gasteiger partial charge < -0.3 is 4.74 Å². The standard InChI is InChI=1S/C21H28ClN3O3S/c1-23(2)29(26,27)19-7-5-6-18(16-19)17-25-12-10-24(11-13-25)14-15-28-21-9-4-3-8-20(21)22/h3-9,16H,10-15,17H2,1-2H3. The van der Waals surface area contributed by atoms with Gasteiger partial charge in [0, 0.05) is 53.4 Å². The fourth-order valence-corrected chi connectivity index (χ4v) is 4.45. The minimum atomic E-state index is -3.40. The van der Waals surface area contributed by atoms with Gasteiger partial charge in [0.2, 0.25) is 10.0 Å². The zero-order valence-corrected chi connectivity index (χ0v) is 18.5. The monoisotopic (exact) mass is 437 g/mol. The topological polar surface area (TPSA) is 53.1 Å². The second-order valence-corrected chi connectivity index (χ2v) is 9.89. The molecule has 0 unspecified atom stereocenters. The van der Waals surface area contributed by atoms with Crippen molar-refractivity contribution in [1.82, 2.24) is 14.1 Å². The number of halogens is 1. The summed E-state index contributed by atoms with van der Waals surface area (Å²) in [6.45, 7) is 6.02. The van der Waals surface area contributed by atoms with Crippen LogP contribution in [0.5, 0.6) is 5.75 Å². The summed E-state index contributed by atoms with van der Waals surface area (Å²) >= 11 is 6.11. The number of nitrogens with zero attached hydrogens (tertiary/aromatic N) is 3. The Balaban J connectivity index is 1.46. The van der Waals surface area contributed by atoms with E-state index < -0.39 is 10.0 Å². The van der Waals surface area contributed by atoms with Crippen LogP contribution in [-0.2, 0) is 16.6 Å². The molecule has 0 atom stereocenters. The molecule has 0 aromatic heterocycles. The zero-order valence-electron chi connectivity index (χ0n) is 16.9. The summed E-state index contributed by atoms with van der Waals surface area (Å²) in [5.41, 5.74) is 1.02. The number of ether oxygens (including phenoxy) is 1. The highest BCUT2D eigenvalue weighted by atomic mass is 35.5. The molecule has 1 aliphatic heterocycles. The predicted molar refractivity (Wildman–Crippen MR) is 116 cm³/mol. The van der Waals surface area contributed by atoms with Crippen molar-refractivity contribution in [3.63, 3.8) is 0 Å². The van der Waals surface area contributed by atoms with E-state index in [4.69, 9.17) is 16.3 Å². The molecular weight excluding hydrogens is 410 g/mol. The van der Waals surface area contributed by atoms with Crippen LogP contribution in [0.4, 0.5) is 0 Å². The Labute approximate surface area is 178 Å². The number of benzene rings is 2. The van der Waals surface area contributed by atoms with Gasteiger partial charge in [-0.2, -0.15) is 0 Å². The second-order valence-electron chi connectivity index (χ2n) is 7.33. The van der Waals surface area contributed by atoms with Gasteiger partial charge in [-0.15, -0.1) is 0 Å². The van der Waals surface area contributed by atoms with Crippen molar-refractivity contribution in [2.45, 2.75) is 11.4 Å². The number of hydrogen-bond donors (Lipinski definition) is 0. The third-order valence-electron chi connectivity index (χ3n) is 5.05. The Kier molecular flexibility index (Phi) is 7.54. The van der Waals surface area contributed by atoms with Gasteiger partial charge >= 0.3 is 0 Å². The minimum absolute atomic E-state index is 0.343. The number of hydrogen-bond acceptors (Lipinski definition) is 5. The van der Waals surface area contributed by atoms with Gasteiger partial charge in [0.15, 0.2) is 0 Å². The van der Waals surface area contributed by atoms with Gasteiger partial charge in [0.25, 0.3) is 0 Å². The third kappa shape index (κ3) is 5.93. The average Bonchev–Trinajstić information content (AvgIpc) is 2.71. The van der Waals surface area contributed by atoms with Crippen LogP contribution in [-0.4, -0.2) is 75.9 Å². The third-order valence-corrected chi connectivity index (χ3v) is 7.17. The van der Waals surface area contributed by atoms with Gasteiger partial charge in [-0.05, 0) is 29.8 Å². The lowest BCUT2D eigenvalue weighted by Gasteiger charge is -2.34. The van der Waals surface area contributed by atoms with Gasteiger partial charge in [-0.1, -0.05) is 35.9 Å². The van der Waals surface area contributed by atoms with E-state index in [0.29, 0.717) is 16.5 Å². The first-order valence-corrected chi connectivity index (χ1v) is 11.5. The van der Waals surface area contributed by atoms with E-state index in [1.807, 2.05) is 36.4 Å². The van der Waals surface area contributed by atoms with Gasteiger partial charge in [-0.3, -0.25) is 9.80 Å². The maximum absolute atomic E-state index is 12.3. The normalized spacial score (nSPS) is 16.3. The molecule has 1 saturated heterocycles. The average molecular weight is 438 g/mol. The Morgan fingerprint density at radius 3 is 2.38 bits per heavy atom. The van der Waals surface area contributed by atoms with Crippen molar-refractivity contribution in [3.05, 3.63) is 59.1 Å². The van der Waals surface area contributed by atoms with Crippen molar-refractivity contribution >= 4 is 21.6 Å². The van der Waals surface area contributed by atoms with Gasteiger partial charge in [0.1, 0.15) is 12.4 Å². The van der Waals surface area contributed by atoms with Crippen molar-refractivity contribution in [3.8, 4) is 5.75 Å². The van der Waals surface area contributed by atoms with Crippen molar-refractivity contribution < 1.29 is 13.2 Å². The van der Waals surface area contributed by atoms with E-state index in [0.717, 1.165) is 50.6 Å². The highest BCUT2D eigenvalue weighted by Gasteiger charge is 2.20. The molecular formula is C21H28ClN3O3S. The fourth-order valence-electron chi connectivity index (χ4n) is 3.29. The molecule has 2 aromatic rings. The molecule has 0 spiro atoms. The largest absolute Gasteiger partial charge is 0.491 e. The van der Waals surface area contributed by atoms with Crippen LogP contribution in [0.2, 0.25) is 5.02 Å². The SMILES string of the molecule is CN(C)S(=O)(=O)c1cccc(CN2CCN(CCOc3ccccc3Cl)CC2)c1. The summed E-state index contributed by atoms with van der Waals surface area (Å²) in [4.78, 5) is 5.07. The molecule has 2 aromatic carbocycles. The van der Waals surface area contributed by atoms with Crippen molar-refractivity contribution in [2.24, 2.45) is 0 Å². The molecule has 158 valence electrons. The maximum Gasteiger partial charge on any atom is 0.242 e. The molecule has 0 bridgehead atoms. The highest BCUT2D eigenvalue weighted by Crippen LogP contribution is 2.23. The molecule has 6 nitrogen and oxygen atoms in total. The maximum atomic E-state index is 12.3. The first-order chi connectivity index (χ1) is 13.9. The molecule has 0 aliphatic carbocycles. The lowest BCUT2D eigenvalue weighted by molar-refractivity contribution is 0.112. The van der Waals surface area contributed by atoms with E-state index in [1.54, 1.807) is 26.2 Å². The van der Waals surface area contributed by atoms with Crippen LogP contribution in [0.15, 0.2) is 53.4 Å². The highest BCUT2D eigenvalue weighted by molar-refractivity contribution is 7.89. The van der Waals surface area contributed by atoms with Crippen LogP contribution >= 0.6 is 11.6 Å². The van der Waals surface area contributed by atoms with Crippen molar-refractivity contribution in [1.29, 1.82) is 0 Å². The van der Waals surface area contributed by atoms with E-state index in [9.17, 15) is 8.42 Å². The molecule has 1 heterocycles. The van der Waals surface area contributed by atoms with Crippen LogP contribution < -0.4 is 4.74 Å². The van der Waals surface area contributed by atoms with Crippen LogP contribution in [0, 0.1) is 0 Å². The number of para-hydroxylation sites is 1. The lowest BCUT2D eigenvalue weighted by atomic mass is 10.2. The van der Waals surface area contributed by atoms with Crippen LogP contribution in [0.3, 0.4) is 0 Å². The molecule has 3 rings (SSSR count). The van der Waals surface area contributed by atoms with E-state index in [-0.39, 0.29) is 0 Å². The summed E-state index contributed by atoms with van der Waals surface area (Å²) in [6.07, 6.45) is 0. The Morgan fingerprint density at radius 1 is 1.00 bits per heavy atom. The number of piperazine rings is 1. The van der Waals surface area contributed by atoms with Crippen LogP contribution in [0.25, 0.3) is 0 Å². The fraction of sp³-hybridized carbons (Fsp3) is 0.429. The molecule has 0 radical (unpaired) electrons. The van der Waals surface area contributed by atoms with Gasteiger partial charge in [-0.25, -0.2) is 12.7 Å².